The lowest BCUT2D eigenvalue weighted by Crippen LogP contribution is -2.35. The molecule has 1 amide bonds. The summed E-state index contributed by atoms with van der Waals surface area (Å²) in [5.41, 5.74) is 3.18. The van der Waals surface area contributed by atoms with Gasteiger partial charge in [0.1, 0.15) is 0 Å². The van der Waals surface area contributed by atoms with Crippen molar-refractivity contribution in [2.75, 3.05) is 35.7 Å². The minimum atomic E-state index is -0.0174. The zero-order valence-corrected chi connectivity index (χ0v) is 21.2. The van der Waals surface area contributed by atoms with Gasteiger partial charge in [-0.2, -0.15) is 0 Å². The molecule has 0 radical (unpaired) electrons. The Morgan fingerprint density at radius 2 is 2.03 bits per heavy atom. The van der Waals surface area contributed by atoms with E-state index in [1.165, 1.54) is 24.6 Å². The van der Waals surface area contributed by atoms with E-state index in [9.17, 15) is 4.79 Å². The van der Waals surface area contributed by atoms with Crippen LogP contribution in [0.1, 0.15) is 63.5 Å². The molecule has 0 bridgehead atoms. The first-order valence-corrected chi connectivity index (χ1v) is 13.2. The summed E-state index contributed by atoms with van der Waals surface area (Å²) < 4.78 is 8.09. The summed E-state index contributed by atoms with van der Waals surface area (Å²) in [5, 5.41) is 13.0. The van der Waals surface area contributed by atoms with Crippen LogP contribution in [0, 0.1) is 12.8 Å². The van der Waals surface area contributed by atoms with E-state index in [4.69, 9.17) is 4.74 Å². The summed E-state index contributed by atoms with van der Waals surface area (Å²) in [6.07, 6.45) is 4.70. The number of nitrogens with one attached hydrogen (secondary N) is 1. The second-order valence-electron chi connectivity index (χ2n) is 9.73. The lowest BCUT2D eigenvalue weighted by molar-refractivity contribution is -0.113. The summed E-state index contributed by atoms with van der Waals surface area (Å²) >= 11 is 1.46. The van der Waals surface area contributed by atoms with Crippen LogP contribution in [0.2, 0.25) is 0 Å². The molecule has 8 heteroatoms. The maximum atomic E-state index is 12.9. The van der Waals surface area contributed by atoms with Crippen LogP contribution in [0.4, 0.5) is 11.6 Å². The molecule has 1 unspecified atom stereocenters. The highest BCUT2D eigenvalue weighted by Crippen LogP contribution is 2.30. The van der Waals surface area contributed by atoms with Crippen LogP contribution in [0.3, 0.4) is 0 Å². The molecule has 0 saturated carbocycles. The summed E-state index contributed by atoms with van der Waals surface area (Å²) in [4.78, 5) is 15.2. The summed E-state index contributed by atoms with van der Waals surface area (Å²) in [6.45, 7) is 12.2. The fraction of sp³-hybridized carbons (Fsp3) is 0.640. The molecule has 2 aromatic rings. The van der Waals surface area contributed by atoms with Gasteiger partial charge in [-0.3, -0.25) is 9.36 Å². The Morgan fingerprint density at radius 3 is 2.73 bits per heavy atom. The third kappa shape index (κ3) is 5.90. The van der Waals surface area contributed by atoms with Crippen LogP contribution in [0.25, 0.3) is 0 Å². The van der Waals surface area contributed by atoms with E-state index in [1.807, 2.05) is 19.1 Å². The molecule has 2 saturated heterocycles. The van der Waals surface area contributed by atoms with E-state index >= 15 is 0 Å². The van der Waals surface area contributed by atoms with Crippen molar-refractivity contribution in [3.63, 3.8) is 0 Å². The number of ether oxygens (including phenoxy) is 1. The van der Waals surface area contributed by atoms with Crippen LogP contribution in [0.5, 0.6) is 0 Å². The van der Waals surface area contributed by atoms with Gasteiger partial charge < -0.3 is 15.0 Å². The Balaban J connectivity index is 1.46. The quantitative estimate of drug-likeness (QED) is 0.555. The highest BCUT2D eigenvalue weighted by molar-refractivity contribution is 7.99. The first-order chi connectivity index (χ1) is 15.9. The number of aromatic nitrogens is 3. The van der Waals surface area contributed by atoms with E-state index in [1.54, 1.807) is 0 Å². The summed E-state index contributed by atoms with van der Waals surface area (Å²) in [5.74, 6) is 2.30. The predicted molar refractivity (Wildman–Crippen MR) is 134 cm³/mol. The van der Waals surface area contributed by atoms with Gasteiger partial charge in [-0.05, 0) is 55.6 Å². The average Bonchev–Trinajstić information content (AvgIpc) is 3.45. The molecule has 1 aromatic carbocycles. The smallest absolute Gasteiger partial charge is 0.234 e. The standard InChI is InChI=1S/C25H37N5O2S/c1-17(2)21-9-5-7-19(4)23(21)26-22(31)16-33-25-28-27-24(29-12-10-18(3)11-13-29)30(25)15-20-8-6-14-32-20/h5,7,9,17-18,20H,6,8,10-16H2,1-4H3,(H,26,31). The van der Waals surface area contributed by atoms with Crippen LogP contribution in [-0.2, 0) is 16.1 Å². The number of carbonyl (C=O) groups is 1. The first-order valence-electron chi connectivity index (χ1n) is 12.2. The molecule has 4 rings (SSSR count). The number of aryl methyl sites for hydroxylation is 1. The molecule has 1 atom stereocenters. The van der Waals surface area contributed by atoms with Gasteiger partial charge in [0.15, 0.2) is 5.16 Å². The number of piperidine rings is 1. The number of anilines is 2. The van der Waals surface area contributed by atoms with Crippen molar-refractivity contribution in [2.45, 2.75) is 77.1 Å². The zero-order chi connectivity index (χ0) is 23.4. The molecule has 33 heavy (non-hydrogen) atoms. The second kappa shape index (κ2) is 10.9. The first kappa shape index (κ1) is 24.1. The third-order valence-corrected chi connectivity index (χ3v) is 7.66. The van der Waals surface area contributed by atoms with E-state index < -0.39 is 0 Å². The van der Waals surface area contributed by atoms with Crippen molar-refractivity contribution in [1.82, 2.24) is 14.8 Å². The van der Waals surface area contributed by atoms with Gasteiger partial charge in [0.25, 0.3) is 0 Å². The zero-order valence-electron chi connectivity index (χ0n) is 20.3. The van der Waals surface area contributed by atoms with Crippen molar-refractivity contribution < 1.29 is 9.53 Å². The Kier molecular flexibility index (Phi) is 7.96. The molecule has 180 valence electrons. The Bertz CT molecular complexity index is 946. The van der Waals surface area contributed by atoms with E-state index in [2.05, 4.69) is 51.8 Å². The fourth-order valence-electron chi connectivity index (χ4n) is 4.63. The van der Waals surface area contributed by atoms with Crippen molar-refractivity contribution in [3.8, 4) is 0 Å². The number of amides is 1. The largest absolute Gasteiger partial charge is 0.376 e. The van der Waals surface area contributed by atoms with Gasteiger partial charge in [0.2, 0.25) is 11.9 Å². The van der Waals surface area contributed by atoms with Gasteiger partial charge in [-0.15, -0.1) is 10.2 Å². The molecule has 2 aliphatic heterocycles. The molecule has 2 aliphatic rings. The SMILES string of the molecule is Cc1cccc(C(C)C)c1NC(=O)CSc1nnc(N2CCC(C)CC2)n1CC1CCCO1. The molecule has 7 nitrogen and oxygen atoms in total. The molecule has 1 aromatic heterocycles. The third-order valence-electron chi connectivity index (χ3n) is 6.70. The maximum absolute atomic E-state index is 12.9. The van der Waals surface area contributed by atoms with E-state index in [0.717, 1.165) is 72.9 Å². The van der Waals surface area contributed by atoms with Crippen molar-refractivity contribution in [1.29, 1.82) is 0 Å². The summed E-state index contributed by atoms with van der Waals surface area (Å²) in [7, 11) is 0. The normalized spacial score (nSPS) is 19.4. The van der Waals surface area contributed by atoms with Gasteiger partial charge in [0, 0.05) is 25.4 Å². The number of thioether (sulfide) groups is 1. The van der Waals surface area contributed by atoms with Crippen molar-refractivity contribution in [3.05, 3.63) is 29.3 Å². The molecular formula is C25H37N5O2S. The van der Waals surface area contributed by atoms with E-state index in [0.29, 0.717) is 11.7 Å². The summed E-state index contributed by atoms with van der Waals surface area (Å²) in [6, 6.07) is 6.18. The number of benzene rings is 1. The second-order valence-corrected chi connectivity index (χ2v) is 10.7. The minimum Gasteiger partial charge on any atom is -0.376 e. The van der Waals surface area contributed by atoms with Crippen molar-refractivity contribution in [2.24, 2.45) is 5.92 Å². The van der Waals surface area contributed by atoms with Gasteiger partial charge >= 0.3 is 0 Å². The highest BCUT2D eigenvalue weighted by atomic mass is 32.2. The van der Waals surface area contributed by atoms with Gasteiger partial charge in [0.05, 0.1) is 18.4 Å². The number of hydrogen-bond donors (Lipinski definition) is 1. The van der Waals surface area contributed by atoms with Crippen LogP contribution in [-0.4, -0.2) is 52.2 Å². The molecule has 3 heterocycles. The Morgan fingerprint density at radius 1 is 1.24 bits per heavy atom. The van der Waals surface area contributed by atoms with Crippen LogP contribution >= 0.6 is 11.8 Å². The van der Waals surface area contributed by atoms with Crippen LogP contribution < -0.4 is 10.2 Å². The number of hydrogen-bond acceptors (Lipinski definition) is 6. The number of carbonyl (C=O) groups excluding carboxylic acids is 1. The molecule has 0 spiro atoms. The molecule has 1 N–H and O–H groups in total. The number of para-hydroxylation sites is 1. The molecule has 0 aliphatic carbocycles. The fourth-order valence-corrected chi connectivity index (χ4v) is 5.37. The number of nitrogens with zero attached hydrogens (tertiary/aromatic N) is 4. The Hall–Kier alpha value is -2.06. The Labute approximate surface area is 201 Å². The lowest BCUT2D eigenvalue weighted by atomic mass is 9.98. The molecule has 2 fully saturated rings. The minimum absolute atomic E-state index is 0.0174. The highest BCUT2D eigenvalue weighted by Gasteiger charge is 2.26. The predicted octanol–water partition coefficient (Wildman–Crippen LogP) is 4.86. The topological polar surface area (TPSA) is 72.3 Å². The van der Waals surface area contributed by atoms with Crippen LogP contribution in [0.15, 0.2) is 23.4 Å². The van der Waals surface area contributed by atoms with Gasteiger partial charge in [-0.25, -0.2) is 0 Å². The van der Waals surface area contributed by atoms with E-state index in [-0.39, 0.29) is 12.0 Å². The van der Waals surface area contributed by atoms with Gasteiger partial charge in [-0.1, -0.05) is 50.7 Å². The average molecular weight is 472 g/mol. The monoisotopic (exact) mass is 471 g/mol. The maximum Gasteiger partial charge on any atom is 0.234 e. The molecular weight excluding hydrogens is 434 g/mol. The lowest BCUT2D eigenvalue weighted by Gasteiger charge is -2.31. The number of rotatable bonds is 8. The van der Waals surface area contributed by atoms with Crippen molar-refractivity contribution >= 4 is 29.3 Å².